The molecule has 3 rings (SSSR count). The van der Waals surface area contributed by atoms with Crippen LogP contribution < -0.4 is 19.5 Å². The number of methoxy groups -OCH3 is 2. The molecule has 0 bridgehead atoms. The van der Waals surface area contributed by atoms with E-state index in [0.717, 1.165) is 9.87 Å². The number of rotatable bonds is 11. The molecule has 3 aromatic carbocycles. The van der Waals surface area contributed by atoms with Crippen molar-refractivity contribution in [3.8, 4) is 17.2 Å². The van der Waals surface area contributed by atoms with Crippen molar-refractivity contribution in [3.05, 3.63) is 78.4 Å². The highest BCUT2D eigenvalue weighted by Crippen LogP contribution is 2.29. The van der Waals surface area contributed by atoms with Gasteiger partial charge >= 0.3 is 0 Å². The molecule has 0 saturated carbocycles. The molecule has 180 valence electrons. The molecular weight excluding hydrogens is 456 g/mol. The number of nitrogens with zero attached hydrogens (tertiary/aromatic N) is 1. The molecule has 0 aliphatic heterocycles. The van der Waals surface area contributed by atoms with E-state index in [1.54, 1.807) is 30.3 Å². The average Bonchev–Trinajstić information content (AvgIpc) is 2.84. The quantitative estimate of drug-likeness (QED) is 0.443. The Bertz CT molecular complexity index is 1200. The van der Waals surface area contributed by atoms with Gasteiger partial charge in [0.25, 0.3) is 0 Å². The molecule has 0 unspecified atom stereocenters. The van der Waals surface area contributed by atoms with Gasteiger partial charge in [-0.25, -0.2) is 8.42 Å². The molecule has 0 aliphatic carbocycles. The summed E-state index contributed by atoms with van der Waals surface area (Å²) in [5, 5.41) is 2.73. The first kappa shape index (κ1) is 25.1. The first-order valence-electron chi connectivity index (χ1n) is 10.7. The molecule has 34 heavy (non-hydrogen) atoms. The number of carbonyl (C=O) groups is 1. The fourth-order valence-corrected chi connectivity index (χ4v) is 4.68. The monoisotopic (exact) mass is 484 g/mol. The molecule has 0 heterocycles. The number of ether oxygens (including phenoxy) is 3. The van der Waals surface area contributed by atoms with Crippen LogP contribution in [0.5, 0.6) is 17.2 Å². The molecule has 8 nitrogen and oxygen atoms in total. The molecule has 0 radical (unpaired) electrons. The zero-order valence-electron chi connectivity index (χ0n) is 19.4. The third-order valence-electron chi connectivity index (χ3n) is 4.97. The Morgan fingerprint density at radius 2 is 1.59 bits per heavy atom. The van der Waals surface area contributed by atoms with Crippen molar-refractivity contribution in [2.45, 2.75) is 18.4 Å². The fourth-order valence-electron chi connectivity index (χ4n) is 3.30. The van der Waals surface area contributed by atoms with E-state index in [2.05, 4.69) is 5.32 Å². The first-order chi connectivity index (χ1) is 16.4. The lowest BCUT2D eigenvalue weighted by Crippen LogP contribution is -2.37. The van der Waals surface area contributed by atoms with Crippen molar-refractivity contribution < 1.29 is 27.4 Å². The maximum absolute atomic E-state index is 13.5. The second-order valence-corrected chi connectivity index (χ2v) is 9.22. The predicted octanol–water partition coefficient (Wildman–Crippen LogP) is 3.93. The minimum atomic E-state index is -3.99. The number of anilines is 1. The average molecular weight is 485 g/mol. The number of nitrogens with one attached hydrogen (secondary N) is 1. The Labute approximate surface area is 200 Å². The van der Waals surface area contributed by atoms with E-state index in [9.17, 15) is 13.2 Å². The van der Waals surface area contributed by atoms with Gasteiger partial charge in [-0.3, -0.25) is 4.79 Å². The van der Waals surface area contributed by atoms with Gasteiger partial charge in [-0.05, 0) is 48.9 Å². The van der Waals surface area contributed by atoms with Gasteiger partial charge < -0.3 is 19.5 Å². The van der Waals surface area contributed by atoms with E-state index in [-0.39, 0.29) is 11.4 Å². The Morgan fingerprint density at radius 3 is 2.21 bits per heavy atom. The van der Waals surface area contributed by atoms with E-state index in [0.29, 0.717) is 29.5 Å². The van der Waals surface area contributed by atoms with Crippen LogP contribution in [0.15, 0.2) is 77.7 Å². The Kier molecular flexibility index (Phi) is 8.50. The number of benzene rings is 3. The topological polar surface area (TPSA) is 94.2 Å². The largest absolute Gasteiger partial charge is 0.497 e. The summed E-state index contributed by atoms with van der Waals surface area (Å²) in [5.74, 6) is 1.01. The maximum Gasteiger partial charge on any atom is 0.243 e. The molecule has 0 atom stereocenters. The summed E-state index contributed by atoms with van der Waals surface area (Å²) in [6.45, 7) is 1.95. The van der Waals surface area contributed by atoms with Crippen molar-refractivity contribution in [2.75, 3.05) is 32.7 Å². The highest BCUT2D eigenvalue weighted by atomic mass is 32.2. The lowest BCUT2D eigenvalue weighted by atomic mass is 10.2. The van der Waals surface area contributed by atoms with E-state index in [1.165, 1.54) is 26.4 Å². The van der Waals surface area contributed by atoms with Crippen LogP contribution in [0.1, 0.15) is 12.5 Å². The summed E-state index contributed by atoms with van der Waals surface area (Å²) in [6.07, 6.45) is 0. The van der Waals surface area contributed by atoms with Crippen molar-refractivity contribution in [1.29, 1.82) is 0 Å². The summed E-state index contributed by atoms with van der Waals surface area (Å²) in [6, 6.07) is 20.2. The highest BCUT2D eigenvalue weighted by Gasteiger charge is 2.27. The SMILES string of the molecule is CCOc1ccc(S(=O)(=O)N(CC(=O)Nc2cc(OC)ccc2OC)Cc2ccccc2)cc1. The van der Waals surface area contributed by atoms with Gasteiger partial charge in [0.2, 0.25) is 15.9 Å². The predicted molar refractivity (Wildman–Crippen MR) is 130 cm³/mol. The van der Waals surface area contributed by atoms with Crippen molar-refractivity contribution in [3.63, 3.8) is 0 Å². The summed E-state index contributed by atoms with van der Waals surface area (Å²) < 4.78 is 44.0. The summed E-state index contributed by atoms with van der Waals surface area (Å²) in [7, 11) is -0.992. The van der Waals surface area contributed by atoms with Gasteiger partial charge in [0.1, 0.15) is 17.2 Å². The van der Waals surface area contributed by atoms with Crippen LogP contribution in [0, 0.1) is 0 Å². The lowest BCUT2D eigenvalue weighted by Gasteiger charge is -2.22. The van der Waals surface area contributed by atoms with Gasteiger partial charge in [-0.15, -0.1) is 0 Å². The molecule has 1 amide bonds. The van der Waals surface area contributed by atoms with Crippen LogP contribution in [-0.2, 0) is 21.4 Å². The molecule has 0 spiro atoms. The summed E-state index contributed by atoms with van der Waals surface area (Å²) >= 11 is 0. The number of sulfonamides is 1. The van der Waals surface area contributed by atoms with Crippen LogP contribution in [-0.4, -0.2) is 46.0 Å². The maximum atomic E-state index is 13.5. The molecule has 0 saturated heterocycles. The van der Waals surface area contributed by atoms with Gasteiger partial charge in [-0.2, -0.15) is 4.31 Å². The molecular formula is C25H28N2O6S. The van der Waals surface area contributed by atoms with Crippen LogP contribution >= 0.6 is 0 Å². The van der Waals surface area contributed by atoms with Crippen LogP contribution in [0.25, 0.3) is 0 Å². The third-order valence-corrected chi connectivity index (χ3v) is 6.78. The van der Waals surface area contributed by atoms with Crippen molar-refractivity contribution in [1.82, 2.24) is 4.31 Å². The smallest absolute Gasteiger partial charge is 0.243 e. The number of hydrogen-bond donors (Lipinski definition) is 1. The zero-order chi connectivity index (χ0) is 24.6. The van der Waals surface area contributed by atoms with Crippen LogP contribution in [0.3, 0.4) is 0 Å². The normalized spacial score (nSPS) is 11.2. The Balaban J connectivity index is 1.88. The molecule has 0 aliphatic rings. The van der Waals surface area contributed by atoms with Crippen molar-refractivity contribution in [2.24, 2.45) is 0 Å². The second-order valence-electron chi connectivity index (χ2n) is 7.28. The lowest BCUT2D eigenvalue weighted by molar-refractivity contribution is -0.116. The molecule has 9 heteroatoms. The molecule has 0 fully saturated rings. The number of carbonyl (C=O) groups excluding carboxylic acids is 1. The van der Waals surface area contributed by atoms with E-state index >= 15 is 0 Å². The molecule has 1 N–H and O–H groups in total. The Hall–Kier alpha value is -3.56. The minimum absolute atomic E-state index is 0.0268. The highest BCUT2D eigenvalue weighted by molar-refractivity contribution is 7.89. The minimum Gasteiger partial charge on any atom is -0.497 e. The van der Waals surface area contributed by atoms with Gasteiger partial charge in [0.05, 0.1) is 38.0 Å². The van der Waals surface area contributed by atoms with Gasteiger partial charge in [0.15, 0.2) is 0 Å². The van der Waals surface area contributed by atoms with E-state index in [4.69, 9.17) is 14.2 Å². The third kappa shape index (κ3) is 6.27. The summed E-state index contributed by atoms with van der Waals surface area (Å²) in [5.41, 5.74) is 1.13. The second kappa shape index (κ2) is 11.5. The van der Waals surface area contributed by atoms with E-state index in [1.807, 2.05) is 37.3 Å². The van der Waals surface area contributed by atoms with Crippen LogP contribution in [0.4, 0.5) is 5.69 Å². The van der Waals surface area contributed by atoms with Gasteiger partial charge in [-0.1, -0.05) is 30.3 Å². The zero-order valence-corrected chi connectivity index (χ0v) is 20.2. The molecule has 3 aromatic rings. The number of hydrogen-bond acceptors (Lipinski definition) is 6. The molecule has 0 aromatic heterocycles. The fraction of sp³-hybridized carbons (Fsp3) is 0.240. The van der Waals surface area contributed by atoms with Gasteiger partial charge in [0, 0.05) is 12.6 Å². The van der Waals surface area contributed by atoms with E-state index < -0.39 is 22.5 Å². The van der Waals surface area contributed by atoms with Crippen molar-refractivity contribution >= 4 is 21.6 Å². The first-order valence-corrected chi connectivity index (χ1v) is 12.1. The van der Waals surface area contributed by atoms with Crippen LogP contribution in [0.2, 0.25) is 0 Å². The number of amides is 1. The Morgan fingerprint density at radius 1 is 0.912 bits per heavy atom. The standard InChI is InChI=1S/C25H28N2O6S/c1-4-33-20-10-13-22(14-11-20)34(29,30)27(17-19-8-6-5-7-9-19)18-25(28)26-23-16-21(31-2)12-15-24(23)32-3/h5-16H,4,17-18H2,1-3H3,(H,26,28). The summed E-state index contributed by atoms with van der Waals surface area (Å²) in [4.78, 5) is 13.0.